The van der Waals surface area contributed by atoms with Crippen molar-refractivity contribution in [1.82, 2.24) is 5.32 Å². The average molecular weight is 311 g/mol. The summed E-state index contributed by atoms with van der Waals surface area (Å²) < 4.78 is 5.45. The van der Waals surface area contributed by atoms with Gasteiger partial charge in [0.25, 0.3) is 0 Å². The Morgan fingerprint density at radius 2 is 2.10 bits per heavy atom. The molecule has 1 aliphatic rings. The molecule has 4 heteroatoms. The summed E-state index contributed by atoms with van der Waals surface area (Å²) in [5, 5.41) is 4.29. The minimum absolute atomic E-state index is 0.721. The Hall–Kier alpha value is -0.770. The molecule has 0 bridgehead atoms. The van der Waals surface area contributed by atoms with Gasteiger partial charge in [0.15, 0.2) is 0 Å². The van der Waals surface area contributed by atoms with Crippen molar-refractivity contribution in [3.05, 3.63) is 28.8 Å². The van der Waals surface area contributed by atoms with Crippen LogP contribution < -0.4 is 10.2 Å². The van der Waals surface area contributed by atoms with E-state index in [0.717, 1.165) is 63.1 Å². The lowest BCUT2D eigenvalue weighted by atomic mass is 9.99. The molecule has 0 spiro atoms. The van der Waals surface area contributed by atoms with Gasteiger partial charge in [0.1, 0.15) is 0 Å². The monoisotopic (exact) mass is 310 g/mol. The molecule has 2 rings (SSSR count). The topological polar surface area (TPSA) is 24.5 Å². The van der Waals surface area contributed by atoms with E-state index in [1.165, 1.54) is 11.3 Å². The highest BCUT2D eigenvalue weighted by Gasteiger charge is 2.17. The molecule has 21 heavy (non-hydrogen) atoms. The number of nitrogens with zero attached hydrogens (tertiary/aromatic N) is 1. The van der Waals surface area contributed by atoms with E-state index in [1.807, 2.05) is 6.07 Å². The molecule has 1 fully saturated rings. The Kier molecular flexibility index (Phi) is 6.81. The van der Waals surface area contributed by atoms with Crippen molar-refractivity contribution in [2.24, 2.45) is 5.92 Å². The third-order valence-corrected chi connectivity index (χ3v) is 4.31. The van der Waals surface area contributed by atoms with Gasteiger partial charge in [0, 0.05) is 44.1 Å². The van der Waals surface area contributed by atoms with Crippen molar-refractivity contribution in [3.63, 3.8) is 0 Å². The molecule has 3 nitrogen and oxygen atoms in total. The fraction of sp³-hybridized carbons (Fsp3) is 0.647. The summed E-state index contributed by atoms with van der Waals surface area (Å²) in [7, 11) is 2.17. The molecule has 0 unspecified atom stereocenters. The van der Waals surface area contributed by atoms with Crippen molar-refractivity contribution < 1.29 is 4.74 Å². The zero-order valence-electron chi connectivity index (χ0n) is 13.2. The summed E-state index contributed by atoms with van der Waals surface area (Å²) in [5.74, 6) is 0.721. The van der Waals surface area contributed by atoms with Crippen LogP contribution in [0.25, 0.3) is 0 Å². The van der Waals surface area contributed by atoms with E-state index in [0.29, 0.717) is 0 Å². The molecule has 1 heterocycles. The van der Waals surface area contributed by atoms with Gasteiger partial charge in [-0.05, 0) is 49.4 Å². The lowest BCUT2D eigenvalue weighted by Crippen LogP contribution is -2.30. The molecule has 0 saturated carbocycles. The van der Waals surface area contributed by atoms with Gasteiger partial charge in [0.2, 0.25) is 0 Å². The van der Waals surface area contributed by atoms with E-state index in [1.54, 1.807) is 0 Å². The van der Waals surface area contributed by atoms with Crippen molar-refractivity contribution in [1.29, 1.82) is 0 Å². The van der Waals surface area contributed by atoms with Crippen LogP contribution >= 0.6 is 11.6 Å². The number of nitrogens with one attached hydrogen (secondary N) is 1. The standard InChI is InChI=1S/C17H27ClN2O/c1-3-8-19-12-15-4-5-16(18)11-17(15)20(2)13-14-6-9-21-10-7-14/h4-5,11,14,19H,3,6-10,12-13H2,1-2H3. The molecule has 0 aromatic heterocycles. The maximum atomic E-state index is 6.20. The second-order valence-electron chi connectivity index (χ2n) is 5.89. The Morgan fingerprint density at radius 3 is 2.81 bits per heavy atom. The van der Waals surface area contributed by atoms with Crippen molar-refractivity contribution in [3.8, 4) is 0 Å². The van der Waals surface area contributed by atoms with E-state index in [9.17, 15) is 0 Å². The minimum Gasteiger partial charge on any atom is -0.381 e. The highest BCUT2D eigenvalue weighted by molar-refractivity contribution is 6.30. The number of hydrogen-bond acceptors (Lipinski definition) is 3. The highest BCUT2D eigenvalue weighted by atomic mass is 35.5. The number of anilines is 1. The zero-order valence-corrected chi connectivity index (χ0v) is 14.0. The number of halogens is 1. The zero-order chi connectivity index (χ0) is 15.1. The first-order chi connectivity index (χ1) is 10.2. The molecule has 0 radical (unpaired) electrons. The van der Waals surface area contributed by atoms with E-state index in [4.69, 9.17) is 16.3 Å². The summed E-state index contributed by atoms with van der Waals surface area (Å²) in [4.78, 5) is 2.35. The minimum atomic E-state index is 0.721. The maximum absolute atomic E-state index is 6.20. The Bertz CT molecular complexity index is 433. The SMILES string of the molecule is CCCNCc1ccc(Cl)cc1N(C)CC1CCOCC1. The summed E-state index contributed by atoms with van der Waals surface area (Å²) in [6.45, 7) is 7.01. The molecule has 118 valence electrons. The number of ether oxygens (including phenoxy) is 1. The molecule has 1 aromatic rings. The molecule has 0 aliphatic carbocycles. The van der Waals surface area contributed by atoms with Crippen molar-refractivity contribution in [2.45, 2.75) is 32.7 Å². The second-order valence-corrected chi connectivity index (χ2v) is 6.32. The molecular weight excluding hydrogens is 284 g/mol. The number of benzene rings is 1. The first-order valence-corrected chi connectivity index (χ1v) is 8.36. The Balaban J connectivity index is 2.02. The molecule has 1 N–H and O–H groups in total. The van der Waals surface area contributed by atoms with Gasteiger partial charge >= 0.3 is 0 Å². The van der Waals surface area contributed by atoms with Crippen LogP contribution in [0.3, 0.4) is 0 Å². The average Bonchev–Trinajstić information content (AvgIpc) is 2.50. The van der Waals surface area contributed by atoms with Crippen LogP contribution in [-0.2, 0) is 11.3 Å². The number of hydrogen-bond donors (Lipinski definition) is 1. The lowest BCUT2D eigenvalue weighted by Gasteiger charge is -2.30. The van der Waals surface area contributed by atoms with E-state index < -0.39 is 0 Å². The fourth-order valence-electron chi connectivity index (χ4n) is 2.86. The van der Waals surface area contributed by atoms with Crippen LogP contribution in [0.2, 0.25) is 5.02 Å². The third-order valence-electron chi connectivity index (χ3n) is 4.07. The van der Waals surface area contributed by atoms with Gasteiger partial charge in [-0.25, -0.2) is 0 Å². The normalized spacial score (nSPS) is 16.1. The van der Waals surface area contributed by atoms with Crippen LogP contribution in [0.5, 0.6) is 0 Å². The van der Waals surface area contributed by atoms with E-state index in [-0.39, 0.29) is 0 Å². The molecule has 1 aliphatic heterocycles. The molecule has 1 aromatic carbocycles. The molecule has 0 atom stereocenters. The van der Waals surface area contributed by atoms with Crippen LogP contribution in [0.15, 0.2) is 18.2 Å². The van der Waals surface area contributed by atoms with E-state index >= 15 is 0 Å². The predicted molar refractivity (Wildman–Crippen MR) is 90.3 cm³/mol. The molecule has 0 amide bonds. The highest BCUT2D eigenvalue weighted by Crippen LogP contribution is 2.26. The van der Waals surface area contributed by atoms with Gasteiger partial charge in [-0.15, -0.1) is 0 Å². The summed E-state index contributed by atoms with van der Waals surface area (Å²) in [6.07, 6.45) is 3.48. The van der Waals surface area contributed by atoms with Crippen LogP contribution in [0.4, 0.5) is 5.69 Å². The summed E-state index contributed by atoms with van der Waals surface area (Å²) in [6, 6.07) is 6.21. The Morgan fingerprint density at radius 1 is 1.33 bits per heavy atom. The Labute approximate surface area is 133 Å². The van der Waals surface area contributed by atoms with Gasteiger partial charge in [-0.2, -0.15) is 0 Å². The first kappa shape index (κ1) is 16.6. The van der Waals surface area contributed by atoms with Crippen LogP contribution in [-0.4, -0.2) is 33.4 Å². The third kappa shape index (κ3) is 5.17. The first-order valence-electron chi connectivity index (χ1n) is 7.98. The van der Waals surface area contributed by atoms with Gasteiger partial charge in [-0.3, -0.25) is 0 Å². The predicted octanol–water partition coefficient (Wildman–Crippen LogP) is 3.70. The van der Waals surface area contributed by atoms with Gasteiger partial charge < -0.3 is 15.0 Å². The second kappa shape index (κ2) is 8.62. The van der Waals surface area contributed by atoms with Gasteiger partial charge in [-0.1, -0.05) is 24.6 Å². The largest absolute Gasteiger partial charge is 0.381 e. The number of rotatable bonds is 7. The summed E-state index contributed by atoms with van der Waals surface area (Å²) in [5.41, 5.74) is 2.57. The molecular formula is C17H27ClN2O. The van der Waals surface area contributed by atoms with Crippen molar-refractivity contribution >= 4 is 17.3 Å². The van der Waals surface area contributed by atoms with Crippen molar-refractivity contribution in [2.75, 3.05) is 38.3 Å². The fourth-order valence-corrected chi connectivity index (χ4v) is 3.02. The van der Waals surface area contributed by atoms with E-state index in [2.05, 4.69) is 36.3 Å². The van der Waals surface area contributed by atoms with Crippen LogP contribution in [0, 0.1) is 5.92 Å². The smallest absolute Gasteiger partial charge is 0.0469 e. The van der Waals surface area contributed by atoms with Gasteiger partial charge in [0.05, 0.1) is 0 Å². The maximum Gasteiger partial charge on any atom is 0.0469 e. The quantitative estimate of drug-likeness (QED) is 0.777. The summed E-state index contributed by atoms with van der Waals surface area (Å²) >= 11 is 6.20. The molecule has 1 saturated heterocycles. The van der Waals surface area contributed by atoms with Crippen LogP contribution in [0.1, 0.15) is 31.7 Å². The lowest BCUT2D eigenvalue weighted by molar-refractivity contribution is 0.0685.